The minimum absolute atomic E-state index is 0.313. The molecular formula is C46H93NO2. The molecule has 0 spiro atoms. The molecule has 49 heavy (non-hydrogen) atoms. The number of carbonyl (C=O) groups is 1. The summed E-state index contributed by atoms with van der Waals surface area (Å²) in [6, 6.07) is 0.438. The van der Waals surface area contributed by atoms with E-state index in [1.807, 2.05) is 0 Å². The average Bonchev–Trinajstić information content (AvgIpc) is 3.10. The minimum Gasteiger partial charge on any atom is -0.481 e. The van der Waals surface area contributed by atoms with Crippen LogP contribution in [0.4, 0.5) is 0 Å². The van der Waals surface area contributed by atoms with Crippen LogP contribution < -0.4 is 0 Å². The maximum atomic E-state index is 11.3. The summed E-state index contributed by atoms with van der Waals surface area (Å²) in [4.78, 5) is 14.0. The second kappa shape index (κ2) is 41.8. The third kappa shape index (κ3) is 38.5. The van der Waals surface area contributed by atoms with Crippen LogP contribution in [0.1, 0.15) is 271 Å². The lowest BCUT2D eigenvalue weighted by Gasteiger charge is -2.31. The van der Waals surface area contributed by atoms with Gasteiger partial charge in [0.2, 0.25) is 0 Å². The van der Waals surface area contributed by atoms with Gasteiger partial charge in [-0.15, -0.1) is 0 Å². The zero-order chi connectivity index (χ0) is 35.7. The third-order valence-electron chi connectivity index (χ3n) is 11.3. The fourth-order valence-corrected chi connectivity index (χ4v) is 7.85. The lowest BCUT2D eigenvalue weighted by atomic mass is 10.0. The molecule has 0 aliphatic heterocycles. The molecule has 1 N–H and O–H groups in total. The van der Waals surface area contributed by atoms with Crippen molar-refractivity contribution in [1.29, 1.82) is 0 Å². The molecule has 0 fully saturated rings. The number of unbranched alkanes of at least 4 members (excludes halogenated alkanes) is 34. The summed E-state index contributed by atoms with van der Waals surface area (Å²) < 4.78 is 0. The molecule has 0 saturated carbocycles. The molecule has 3 nitrogen and oxygen atoms in total. The van der Waals surface area contributed by atoms with Gasteiger partial charge in [-0.3, -0.25) is 4.79 Å². The molecule has 0 aromatic heterocycles. The van der Waals surface area contributed by atoms with Crippen LogP contribution in [-0.2, 0) is 4.79 Å². The Hall–Kier alpha value is -0.570. The minimum atomic E-state index is -0.639. The summed E-state index contributed by atoms with van der Waals surface area (Å²) in [6.07, 6.45) is 53.3. The van der Waals surface area contributed by atoms with Crippen LogP contribution in [0.15, 0.2) is 0 Å². The fraction of sp³-hybridized carbons (Fsp3) is 0.978. The third-order valence-corrected chi connectivity index (χ3v) is 11.3. The van der Waals surface area contributed by atoms with Crippen molar-refractivity contribution < 1.29 is 9.90 Å². The number of nitrogens with zero attached hydrogens (tertiary/aromatic N) is 1. The van der Waals surface area contributed by atoms with Crippen molar-refractivity contribution in [2.45, 2.75) is 277 Å². The van der Waals surface area contributed by atoms with Crippen molar-refractivity contribution >= 4 is 5.97 Å². The van der Waals surface area contributed by atoms with E-state index < -0.39 is 5.97 Å². The van der Waals surface area contributed by atoms with Gasteiger partial charge < -0.3 is 10.0 Å². The quantitative estimate of drug-likeness (QED) is 0.0647. The van der Waals surface area contributed by atoms with E-state index in [1.165, 1.54) is 231 Å². The topological polar surface area (TPSA) is 40.5 Å². The highest BCUT2D eigenvalue weighted by atomic mass is 16.4. The Labute approximate surface area is 310 Å². The predicted octanol–water partition coefficient (Wildman–Crippen LogP) is 16.0. The Balaban J connectivity index is 3.81. The summed E-state index contributed by atoms with van der Waals surface area (Å²) in [5.74, 6) is -0.639. The van der Waals surface area contributed by atoms with Crippen molar-refractivity contribution in [2.75, 3.05) is 13.1 Å². The second-order valence-electron chi connectivity index (χ2n) is 16.1. The molecule has 0 amide bonds. The van der Waals surface area contributed by atoms with E-state index >= 15 is 0 Å². The van der Waals surface area contributed by atoms with Crippen LogP contribution >= 0.6 is 0 Å². The SMILES string of the molecule is CCCCCCCCCCCCCCCCCCCCN(CCCCCCCCCCCCCCCCCCCC)C(CC)CCC(=O)O. The fourth-order valence-electron chi connectivity index (χ4n) is 7.85. The van der Waals surface area contributed by atoms with Crippen LogP contribution in [-0.4, -0.2) is 35.1 Å². The summed E-state index contributed by atoms with van der Waals surface area (Å²) >= 11 is 0. The largest absolute Gasteiger partial charge is 0.481 e. The first-order chi connectivity index (χ1) is 24.2. The standard InChI is InChI=1S/C46H93NO2/c1-4-7-9-11-13-15-17-19-21-23-25-27-29-31-33-35-37-39-43-47(45(6-3)41-42-46(48)49)44-40-38-36-34-32-30-28-26-24-22-20-18-16-14-12-10-8-5-2/h45H,4-44H2,1-3H3,(H,48,49). The van der Waals surface area contributed by atoms with Crippen LogP contribution in [0.3, 0.4) is 0 Å². The first-order valence-corrected chi connectivity index (χ1v) is 23.1. The van der Waals surface area contributed by atoms with Gasteiger partial charge in [0, 0.05) is 12.5 Å². The smallest absolute Gasteiger partial charge is 0.303 e. The van der Waals surface area contributed by atoms with Gasteiger partial charge in [0.05, 0.1) is 0 Å². The first kappa shape index (κ1) is 48.4. The number of hydrogen-bond acceptors (Lipinski definition) is 2. The zero-order valence-electron chi connectivity index (χ0n) is 34.4. The molecule has 1 unspecified atom stereocenters. The highest BCUT2D eigenvalue weighted by molar-refractivity contribution is 5.66. The Kier molecular flexibility index (Phi) is 41.4. The molecular weight excluding hydrogens is 599 g/mol. The Morgan fingerprint density at radius 3 is 0.816 bits per heavy atom. The summed E-state index contributed by atoms with van der Waals surface area (Å²) in [6.45, 7) is 9.18. The zero-order valence-corrected chi connectivity index (χ0v) is 34.4. The predicted molar refractivity (Wildman–Crippen MR) is 220 cm³/mol. The number of aliphatic carboxylic acids is 1. The number of rotatable bonds is 43. The van der Waals surface area contributed by atoms with Crippen molar-refractivity contribution in [3.05, 3.63) is 0 Å². The van der Waals surface area contributed by atoms with Gasteiger partial charge in [0.15, 0.2) is 0 Å². The molecule has 0 aromatic carbocycles. The maximum Gasteiger partial charge on any atom is 0.303 e. The molecule has 0 aromatic rings. The van der Waals surface area contributed by atoms with E-state index in [-0.39, 0.29) is 0 Å². The second-order valence-corrected chi connectivity index (χ2v) is 16.1. The van der Waals surface area contributed by atoms with Crippen molar-refractivity contribution in [2.24, 2.45) is 0 Å². The van der Waals surface area contributed by atoms with E-state index in [0.717, 1.165) is 25.9 Å². The van der Waals surface area contributed by atoms with Gasteiger partial charge >= 0.3 is 5.97 Å². The maximum absolute atomic E-state index is 11.3. The molecule has 0 rings (SSSR count). The van der Waals surface area contributed by atoms with E-state index in [4.69, 9.17) is 0 Å². The molecule has 294 valence electrons. The summed E-state index contributed by atoms with van der Waals surface area (Å²) in [5, 5.41) is 9.30. The lowest BCUT2D eigenvalue weighted by molar-refractivity contribution is -0.137. The molecule has 1 atom stereocenters. The highest BCUT2D eigenvalue weighted by Crippen LogP contribution is 2.19. The lowest BCUT2D eigenvalue weighted by Crippen LogP contribution is -2.37. The van der Waals surface area contributed by atoms with E-state index in [9.17, 15) is 9.90 Å². The normalized spacial score (nSPS) is 12.3. The van der Waals surface area contributed by atoms with E-state index in [0.29, 0.717) is 12.5 Å². The van der Waals surface area contributed by atoms with Crippen LogP contribution in [0.2, 0.25) is 0 Å². The van der Waals surface area contributed by atoms with Gasteiger partial charge in [0.25, 0.3) is 0 Å². The van der Waals surface area contributed by atoms with Crippen LogP contribution in [0.5, 0.6) is 0 Å². The highest BCUT2D eigenvalue weighted by Gasteiger charge is 2.17. The van der Waals surface area contributed by atoms with E-state index in [1.54, 1.807) is 0 Å². The number of carboxylic acid groups (broad SMARTS) is 1. The van der Waals surface area contributed by atoms with Crippen LogP contribution in [0, 0.1) is 0 Å². The monoisotopic (exact) mass is 692 g/mol. The molecule has 0 radical (unpaired) electrons. The summed E-state index contributed by atoms with van der Waals surface area (Å²) in [7, 11) is 0. The first-order valence-electron chi connectivity index (χ1n) is 23.1. The van der Waals surface area contributed by atoms with Gasteiger partial charge in [-0.1, -0.05) is 239 Å². The van der Waals surface area contributed by atoms with E-state index in [2.05, 4.69) is 25.7 Å². The molecule has 3 heteroatoms. The van der Waals surface area contributed by atoms with Gasteiger partial charge in [-0.2, -0.15) is 0 Å². The Morgan fingerprint density at radius 2 is 0.612 bits per heavy atom. The van der Waals surface area contributed by atoms with Crippen LogP contribution in [0.25, 0.3) is 0 Å². The summed E-state index contributed by atoms with van der Waals surface area (Å²) in [5.41, 5.74) is 0. The Bertz CT molecular complexity index is 582. The van der Waals surface area contributed by atoms with Crippen molar-refractivity contribution in [3.8, 4) is 0 Å². The molecule has 0 heterocycles. The number of carboxylic acids is 1. The molecule has 0 aliphatic carbocycles. The molecule has 0 aliphatic rings. The van der Waals surface area contributed by atoms with Crippen molar-refractivity contribution in [1.82, 2.24) is 4.90 Å². The Morgan fingerprint density at radius 1 is 0.388 bits per heavy atom. The molecule has 0 saturated heterocycles. The number of hydrogen-bond donors (Lipinski definition) is 1. The van der Waals surface area contributed by atoms with Crippen molar-refractivity contribution in [3.63, 3.8) is 0 Å². The van der Waals surface area contributed by atoms with Gasteiger partial charge in [0.1, 0.15) is 0 Å². The van der Waals surface area contributed by atoms with Gasteiger partial charge in [-0.05, 0) is 38.8 Å². The average molecular weight is 692 g/mol. The van der Waals surface area contributed by atoms with Gasteiger partial charge in [-0.25, -0.2) is 0 Å². The molecule has 0 bridgehead atoms.